The number of fused-ring (bicyclic) bond motifs is 4. The summed E-state index contributed by atoms with van der Waals surface area (Å²) in [5.41, 5.74) is -0.0170. The normalized spacial score (nSPS) is 30.2. The zero-order valence-corrected chi connectivity index (χ0v) is 32.9. The minimum absolute atomic E-state index is 0.0414. The second-order valence-electron chi connectivity index (χ2n) is 16.6. The molecule has 8 rings (SSSR count). The van der Waals surface area contributed by atoms with Gasteiger partial charge < -0.3 is 34.7 Å². The highest BCUT2D eigenvalue weighted by Crippen LogP contribution is 2.63. The van der Waals surface area contributed by atoms with Gasteiger partial charge in [-0.15, -0.1) is 0 Å². The van der Waals surface area contributed by atoms with Gasteiger partial charge in [0.1, 0.15) is 35.4 Å². The Balaban J connectivity index is 1.01. The Labute approximate surface area is 328 Å². The molecule has 0 spiro atoms. The van der Waals surface area contributed by atoms with Crippen molar-refractivity contribution in [3.8, 4) is 0 Å². The number of rotatable bonds is 13. The predicted molar refractivity (Wildman–Crippen MR) is 200 cm³/mol. The summed E-state index contributed by atoms with van der Waals surface area (Å²) in [6.07, 6.45) is 1.96. The van der Waals surface area contributed by atoms with Gasteiger partial charge in [-0.1, -0.05) is 24.3 Å². The summed E-state index contributed by atoms with van der Waals surface area (Å²) >= 11 is 2.25. The smallest absolute Gasteiger partial charge is 0.327 e. The molecule has 0 unspecified atom stereocenters. The molecule has 290 valence electrons. The molecule has 3 saturated heterocycles. The molecular weight excluding hydrogens is 809 g/mol. The molecule has 7 atom stereocenters. The van der Waals surface area contributed by atoms with Crippen LogP contribution < -0.4 is 10.6 Å². The van der Waals surface area contributed by atoms with Crippen LogP contribution in [0.15, 0.2) is 48.5 Å². The van der Waals surface area contributed by atoms with Gasteiger partial charge in [0.15, 0.2) is 11.8 Å². The van der Waals surface area contributed by atoms with Gasteiger partial charge in [-0.2, -0.15) is 5.06 Å². The molecule has 14 heteroatoms. The third-order valence-corrected chi connectivity index (χ3v) is 12.1. The Hall–Kier alpha value is -3.15. The molecule has 6 aliphatic rings. The van der Waals surface area contributed by atoms with Crippen molar-refractivity contribution in [2.75, 3.05) is 6.61 Å². The first kappa shape index (κ1) is 37.8. The lowest BCUT2D eigenvalue weighted by molar-refractivity contribution is -0.235. The summed E-state index contributed by atoms with van der Waals surface area (Å²) in [4.78, 5) is 60.9. The van der Waals surface area contributed by atoms with Crippen LogP contribution in [0.5, 0.6) is 0 Å². The monoisotopic (exact) mass is 857 g/mol. The van der Waals surface area contributed by atoms with Crippen LogP contribution in [-0.4, -0.2) is 88.4 Å². The fourth-order valence-corrected chi connectivity index (χ4v) is 9.42. The lowest BCUT2D eigenvalue weighted by atomic mass is 9.62. The van der Waals surface area contributed by atoms with E-state index < -0.39 is 71.1 Å². The molecule has 2 aromatic carbocycles. The van der Waals surface area contributed by atoms with E-state index >= 15 is 0 Å². The summed E-state index contributed by atoms with van der Waals surface area (Å²) in [5.74, 6) is -1.89. The van der Waals surface area contributed by atoms with Crippen molar-refractivity contribution in [3.63, 3.8) is 0 Å². The lowest BCUT2D eigenvalue weighted by Crippen LogP contribution is -2.69. The van der Waals surface area contributed by atoms with Crippen molar-refractivity contribution in [2.45, 2.75) is 127 Å². The van der Waals surface area contributed by atoms with E-state index in [0.717, 1.165) is 34.8 Å². The molecule has 0 aromatic heterocycles. The lowest BCUT2D eigenvalue weighted by Gasteiger charge is -2.48. The van der Waals surface area contributed by atoms with E-state index in [2.05, 4.69) is 33.2 Å². The fourth-order valence-electron chi connectivity index (χ4n) is 8.81. The Morgan fingerprint density at radius 3 is 2.41 bits per heavy atom. The largest absolute Gasteiger partial charge is 0.460 e. The number of hydrogen-bond acceptors (Lipinski definition) is 11. The van der Waals surface area contributed by atoms with Crippen LogP contribution in [0, 0.1) is 20.8 Å². The fraction of sp³-hybridized carbons (Fsp3) is 0.600. The number of carbonyl (C=O) groups is 4. The van der Waals surface area contributed by atoms with Gasteiger partial charge in [0.25, 0.3) is 5.91 Å². The van der Waals surface area contributed by atoms with Gasteiger partial charge >= 0.3 is 11.9 Å². The number of halogens is 1. The van der Waals surface area contributed by atoms with Crippen molar-refractivity contribution in [1.29, 1.82) is 0 Å². The number of nitrogens with zero attached hydrogens (tertiary/aromatic N) is 1. The first-order valence-corrected chi connectivity index (χ1v) is 20.1. The Morgan fingerprint density at radius 1 is 1.02 bits per heavy atom. The van der Waals surface area contributed by atoms with E-state index in [-0.39, 0.29) is 56.7 Å². The predicted octanol–water partition coefficient (Wildman–Crippen LogP) is 3.92. The molecular formula is C40H48IN3O10. The van der Waals surface area contributed by atoms with Crippen LogP contribution in [0.3, 0.4) is 0 Å². The number of aliphatic hydroxyl groups excluding tert-OH is 1. The zero-order chi connectivity index (χ0) is 38.0. The van der Waals surface area contributed by atoms with Gasteiger partial charge in [-0.05, 0) is 111 Å². The number of benzene rings is 2. The Kier molecular flexibility index (Phi) is 10.1. The maximum atomic E-state index is 14.8. The van der Waals surface area contributed by atoms with Gasteiger partial charge in [0.05, 0.1) is 19.2 Å². The molecule has 2 aromatic rings. The summed E-state index contributed by atoms with van der Waals surface area (Å²) < 4.78 is 26.3. The number of aliphatic hydroxyl groups is 1. The van der Waals surface area contributed by atoms with Crippen molar-refractivity contribution in [1.82, 2.24) is 15.7 Å². The van der Waals surface area contributed by atoms with Crippen LogP contribution in [0.1, 0.15) is 87.2 Å². The van der Waals surface area contributed by atoms with Crippen molar-refractivity contribution < 1.29 is 48.1 Å². The van der Waals surface area contributed by atoms with E-state index in [9.17, 15) is 24.3 Å². The van der Waals surface area contributed by atoms with Crippen LogP contribution in [-0.2, 0) is 51.3 Å². The quantitative estimate of drug-likeness (QED) is 0.198. The average molecular weight is 858 g/mol. The summed E-state index contributed by atoms with van der Waals surface area (Å²) in [6.45, 7) is 5.34. The molecule has 3 N–H and O–H groups in total. The maximum Gasteiger partial charge on any atom is 0.327 e. The molecule has 3 heterocycles. The highest BCUT2D eigenvalue weighted by Gasteiger charge is 2.78. The van der Waals surface area contributed by atoms with Gasteiger partial charge in [0, 0.05) is 40.4 Å². The Morgan fingerprint density at radius 2 is 1.72 bits per heavy atom. The molecule has 0 radical (unpaired) electrons. The zero-order valence-electron chi connectivity index (χ0n) is 30.8. The van der Waals surface area contributed by atoms with Gasteiger partial charge in [-0.25, -0.2) is 0 Å². The van der Waals surface area contributed by atoms with Crippen molar-refractivity contribution >= 4 is 46.3 Å². The van der Waals surface area contributed by atoms with Crippen LogP contribution in [0.25, 0.3) is 0 Å². The van der Waals surface area contributed by atoms with E-state index in [0.29, 0.717) is 11.1 Å². The molecule has 3 aliphatic carbocycles. The molecule has 6 fully saturated rings. The molecule has 2 bridgehead atoms. The average Bonchev–Trinajstić information content (AvgIpc) is 4.07. The van der Waals surface area contributed by atoms with E-state index in [1.54, 1.807) is 50.1 Å². The second-order valence-corrected chi connectivity index (χ2v) is 17.9. The third-order valence-electron chi connectivity index (χ3n) is 11.4. The number of carbonyl (C=O) groups excluding carboxylic acids is 4. The number of ether oxygens (including phenoxy) is 4. The summed E-state index contributed by atoms with van der Waals surface area (Å²) in [7, 11) is 0. The topological polar surface area (TPSA) is 162 Å². The highest BCUT2D eigenvalue weighted by atomic mass is 127. The second kappa shape index (κ2) is 14.4. The molecule has 13 nitrogen and oxygen atoms in total. The van der Waals surface area contributed by atoms with Gasteiger partial charge in [0.2, 0.25) is 5.91 Å². The molecule has 2 amide bonds. The number of hydroxylamine groups is 2. The van der Waals surface area contributed by atoms with Gasteiger partial charge in [-0.3, -0.25) is 24.0 Å². The minimum atomic E-state index is -1.31. The maximum absolute atomic E-state index is 14.8. The summed E-state index contributed by atoms with van der Waals surface area (Å²) in [5, 5.41) is 17.4. The van der Waals surface area contributed by atoms with Crippen LogP contribution >= 0.6 is 22.6 Å². The molecule has 3 aliphatic heterocycles. The molecule has 3 saturated carbocycles. The number of nitrogens with one attached hydrogen (secondary N) is 2. The Bertz CT molecular complexity index is 1800. The van der Waals surface area contributed by atoms with Crippen LogP contribution in [0.2, 0.25) is 0 Å². The van der Waals surface area contributed by atoms with E-state index in [4.69, 9.17) is 23.8 Å². The summed E-state index contributed by atoms with van der Waals surface area (Å²) in [6, 6.07) is 13.1. The first-order chi connectivity index (χ1) is 25.8. The van der Waals surface area contributed by atoms with Crippen molar-refractivity contribution in [2.24, 2.45) is 17.3 Å². The first-order valence-electron chi connectivity index (χ1n) is 19.0. The molecule has 54 heavy (non-hydrogen) atoms. The van der Waals surface area contributed by atoms with Crippen LogP contribution in [0.4, 0.5) is 0 Å². The minimum Gasteiger partial charge on any atom is -0.460 e. The highest BCUT2D eigenvalue weighted by molar-refractivity contribution is 14.1. The SMILES string of the molecule is CC(C)(C)OC(=O)CC[C@@H](CO)NC(=O)c1cccc(CNC(=O)[C@@]23C[C@H]4OC(=O)[C@@H]2N(Cc2cccc(I)c2)O[C@@H]3[C@H]2OC(C3CC3)(C3CC3)O[C@H]24)c1. The van der Waals surface area contributed by atoms with E-state index in [1.807, 2.05) is 24.3 Å². The van der Waals surface area contributed by atoms with Crippen molar-refractivity contribution in [3.05, 3.63) is 68.8 Å². The van der Waals surface area contributed by atoms with E-state index in [1.165, 1.54) is 0 Å². The standard InChI is InChI=1S/C40H48IN3O10/c1-38(2,3)51-30(46)15-14-28(21-45)43-35(47)24-8-4-6-22(16-24)19-42-37(49)39-18-29-31-32(53-40(52-31,25-10-11-25)26-12-13-26)34(39)54-44(33(39)36(48)50-29)20-23-7-5-9-27(41)17-23/h4-9,16-17,25-26,28-29,31-34,45H,10-15,18-21H2,1-3H3,(H,42,49)(H,43,47)/t28-,29+,31-,32-,33-,34+,39-/m0/s1. The third kappa shape index (κ3) is 7.18. The number of esters is 2. The number of amides is 2. The number of hydrogen-bond donors (Lipinski definition) is 3.